The number of hydrogen-bond donors (Lipinski definition) is 1. The number of nitrogens with one attached hydrogen (secondary N) is 1. The fourth-order valence-electron chi connectivity index (χ4n) is 5.01. The van der Waals surface area contributed by atoms with Crippen LogP contribution in [0.15, 0.2) is 24.3 Å². The van der Waals surface area contributed by atoms with Gasteiger partial charge in [0.05, 0.1) is 12.5 Å². The van der Waals surface area contributed by atoms with Crippen molar-refractivity contribution >= 4 is 24.2 Å². The molecule has 3 aliphatic heterocycles. The number of carbonyl (C=O) groups excluding carboxylic acids is 2. The van der Waals surface area contributed by atoms with E-state index in [-0.39, 0.29) is 30.3 Å². The van der Waals surface area contributed by atoms with Gasteiger partial charge in [0.1, 0.15) is 0 Å². The van der Waals surface area contributed by atoms with Crippen LogP contribution in [0.3, 0.4) is 0 Å². The molecule has 2 amide bonds. The summed E-state index contributed by atoms with van der Waals surface area (Å²) in [5.74, 6) is 1.70. The zero-order valence-electron chi connectivity index (χ0n) is 16.0. The third-order valence-corrected chi connectivity index (χ3v) is 6.56. The lowest BCUT2D eigenvalue weighted by atomic mass is 9.90. The van der Waals surface area contributed by atoms with Gasteiger partial charge in [-0.3, -0.25) is 9.59 Å². The smallest absolute Gasteiger partial charge is 0.224 e. The first-order chi connectivity index (χ1) is 12.6. The molecule has 3 heterocycles. The Bertz CT molecular complexity index is 682. The number of rotatable bonds is 2. The molecule has 3 aliphatic rings. The Balaban J connectivity index is 0.00000210. The molecule has 0 saturated carbocycles. The predicted octanol–water partition coefficient (Wildman–Crippen LogP) is 2.40. The van der Waals surface area contributed by atoms with Gasteiger partial charge in [-0.2, -0.15) is 0 Å². The van der Waals surface area contributed by atoms with Crippen LogP contribution in [-0.4, -0.2) is 54.3 Å². The van der Waals surface area contributed by atoms with Crippen molar-refractivity contribution in [1.82, 2.24) is 15.1 Å². The van der Waals surface area contributed by atoms with Crippen LogP contribution < -0.4 is 5.32 Å². The molecule has 5 nitrogen and oxygen atoms in total. The molecule has 1 N–H and O–H groups in total. The van der Waals surface area contributed by atoms with E-state index in [0.29, 0.717) is 13.0 Å². The molecule has 0 radical (unpaired) electrons. The molecule has 0 aliphatic carbocycles. The molecule has 6 heteroatoms. The molecular formula is C21H30ClN3O2. The Kier molecular flexibility index (Phi) is 6.43. The van der Waals surface area contributed by atoms with E-state index < -0.39 is 0 Å². The summed E-state index contributed by atoms with van der Waals surface area (Å²) >= 11 is 0. The average molecular weight is 392 g/mol. The number of likely N-dealkylation sites (tertiary alicyclic amines) is 1. The minimum atomic E-state index is -0.116. The number of amides is 2. The van der Waals surface area contributed by atoms with Crippen LogP contribution in [0, 0.1) is 11.8 Å². The summed E-state index contributed by atoms with van der Waals surface area (Å²) in [7, 11) is 0. The van der Waals surface area contributed by atoms with Gasteiger partial charge in [-0.15, -0.1) is 12.4 Å². The van der Waals surface area contributed by atoms with Gasteiger partial charge in [0.2, 0.25) is 11.8 Å². The summed E-state index contributed by atoms with van der Waals surface area (Å²) in [6, 6.07) is 8.16. The molecule has 3 atom stereocenters. The van der Waals surface area contributed by atoms with Crippen LogP contribution in [0.5, 0.6) is 0 Å². The average Bonchev–Trinajstić information content (AvgIpc) is 2.99. The highest BCUT2D eigenvalue weighted by Crippen LogP contribution is 2.34. The van der Waals surface area contributed by atoms with Gasteiger partial charge in [-0.1, -0.05) is 24.3 Å². The Labute approximate surface area is 167 Å². The normalized spacial score (nSPS) is 27.2. The Morgan fingerprint density at radius 1 is 1.07 bits per heavy atom. The third-order valence-electron chi connectivity index (χ3n) is 6.56. The first kappa shape index (κ1) is 20.2. The van der Waals surface area contributed by atoms with Gasteiger partial charge in [0.25, 0.3) is 0 Å². The minimum Gasteiger partial charge on any atom is -0.343 e. The summed E-state index contributed by atoms with van der Waals surface area (Å²) in [6.07, 6.45) is 3.48. The largest absolute Gasteiger partial charge is 0.343 e. The van der Waals surface area contributed by atoms with Crippen LogP contribution in [-0.2, 0) is 16.0 Å². The van der Waals surface area contributed by atoms with Gasteiger partial charge < -0.3 is 15.1 Å². The van der Waals surface area contributed by atoms with Crippen molar-refractivity contribution in [2.24, 2.45) is 11.8 Å². The van der Waals surface area contributed by atoms with Gasteiger partial charge in [0, 0.05) is 26.6 Å². The van der Waals surface area contributed by atoms with Crippen molar-refractivity contribution in [3.05, 3.63) is 35.4 Å². The first-order valence-electron chi connectivity index (χ1n) is 9.97. The van der Waals surface area contributed by atoms with Crippen LogP contribution in [0.25, 0.3) is 0 Å². The first-order valence-corrected chi connectivity index (χ1v) is 9.97. The number of halogens is 1. The number of hydrogen-bond acceptors (Lipinski definition) is 3. The van der Waals surface area contributed by atoms with Crippen LogP contribution in [0.1, 0.15) is 43.4 Å². The number of benzene rings is 1. The molecule has 27 heavy (non-hydrogen) atoms. The molecular weight excluding hydrogens is 362 g/mol. The number of fused-ring (bicyclic) bond motifs is 2. The fraction of sp³-hybridized carbons (Fsp3) is 0.619. The van der Waals surface area contributed by atoms with Crippen molar-refractivity contribution in [3.8, 4) is 0 Å². The molecule has 0 bridgehead atoms. The zero-order valence-corrected chi connectivity index (χ0v) is 16.8. The zero-order chi connectivity index (χ0) is 18.1. The van der Waals surface area contributed by atoms with Crippen molar-refractivity contribution < 1.29 is 9.59 Å². The summed E-state index contributed by atoms with van der Waals surface area (Å²) in [5, 5.41) is 3.48. The molecule has 2 saturated heterocycles. The minimum absolute atomic E-state index is 0. The fourth-order valence-corrected chi connectivity index (χ4v) is 5.01. The van der Waals surface area contributed by atoms with Gasteiger partial charge in [0.15, 0.2) is 0 Å². The maximum atomic E-state index is 13.1. The van der Waals surface area contributed by atoms with E-state index in [1.807, 2.05) is 21.9 Å². The maximum Gasteiger partial charge on any atom is 0.224 e. The lowest BCUT2D eigenvalue weighted by Gasteiger charge is -2.37. The summed E-state index contributed by atoms with van der Waals surface area (Å²) in [5.41, 5.74) is 2.43. The third kappa shape index (κ3) is 4.14. The monoisotopic (exact) mass is 391 g/mol. The van der Waals surface area contributed by atoms with Crippen molar-refractivity contribution in [2.45, 2.75) is 38.6 Å². The van der Waals surface area contributed by atoms with E-state index in [1.165, 1.54) is 5.56 Å². The lowest BCUT2D eigenvalue weighted by Crippen LogP contribution is -2.42. The summed E-state index contributed by atoms with van der Waals surface area (Å²) in [4.78, 5) is 29.2. The van der Waals surface area contributed by atoms with E-state index >= 15 is 0 Å². The van der Waals surface area contributed by atoms with Gasteiger partial charge >= 0.3 is 0 Å². The predicted molar refractivity (Wildman–Crippen MR) is 108 cm³/mol. The molecule has 1 aromatic rings. The summed E-state index contributed by atoms with van der Waals surface area (Å²) < 4.78 is 0. The van der Waals surface area contributed by atoms with Crippen LogP contribution >= 0.6 is 12.4 Å². The van der Waals surface area contributed by atoms with E-state index in [4.69, 9.17) is 0 Å². The van der Waals surface area contributed by atoms with E-state index in [2.05, 4.69) is 17.4 Å². The Morgan fingerprint density at radius 2 is 1.74 bits per heavy atom. The Hall–Kier alpha value is -1.59. The number of carbonyl (C=O) groups is 2. The van der Waals surface area contributed by atoms with Crippen molar-refractivity contribution in [2.75, 3.05) is 32.7 Å². The SMILES string of the molecule is CC(=O)N1CCc2ccccc2C1CC(=O)N1CC[C@@H]2CNC[C@@H]2CC1.Cl. The van der Waals surface area contributed by atoms with Crippen molar-refractivity contribution in [1.29, 1.82) is 0 Å². The second-order valence-electron chi connectivity index (χ2n) is 8.02. The molecule has 4 rings (SSSR count). The van der Waals surface area contributed by atoms with Crippen LogP contribution in [0.4, 0.5) is 0 Å². The Morgan fingerprint density at radius 3 is 2.41 bits per heavy atom. The molecule has 1 aromatic carbocycles. The van der Waals surface area contributed by atoms with E-state index in [9.17, 15) is 9.59 Å². The quantitative estimate of drug-likeness (QED) is 0.842. The van der Waals surface area contributed by atoms with Crippen LogP contribution in [0.2, 0.25) is 0 Å². The molecule has 148 valence electrons. The molecule has 2 fully saturated rings. The van der Waals surface area contributed by atoms with Crippen molar-refractivity contribution in [3.63, 3.8) is 0 Å². The standard InChI is InChI=1S/C21H29N3O2.ClH/c1-15(25)24-11-8-16-4-2-3-5-19(16)20(24)12-21(26)23-9-6-17-13-22-14-18(17)7-10-23;/h2-5,17-18,20,22H,6-14H2,1H3;1H/t17-,18+,20?;. The highest BCUT2D eigenvalue weighted by Gasteiger charge is 2.34. The highest BCUT2D eigenvalue weighted by molar-refractivity contribution is 5.85. The number of nitrogens with zero attached hydrogens (tertiary/aromatic N) is 2. The molecule has 0 spiro atoms. The highest BCUT2D eigenvalue weighted by atomic mass is 35.5. The maximum absolute atomic E-state index is 13.1. The summed E-state index contributed by atoms with van der Waals surface area (Å²) in [6.45, 7) is 6.24. The van der Waals surface area contributed by atoms with Gasteiger partial charge in [-0.05, 0) is 55.3 Å². The molecule has 1 unspecified atom stereocenters. The lowest BCUT2D eigenvalue weighted by molar-refractivity contribution is -0.136. The van der Waals surface area contributed by atoms with E-state index in [0.717, 1.165) is 62.8 Å². The molecule has 0 aromatic heterocycles. The topological polar surface area (TPSA) is 52.7 Å². The second kappa shape index (κ2) is 8.61. The van der Waals surface area contributed by atoms with E-state index in [1.54, 1.807) is 6.92 Å². The van der Waals surface area contributed by atoms with Gasteiger partial charge in [-0.25, -0.2) is 0 Å². The second-order valence-corrected chi connectivity index (χ2v) is 8.02.